The van der Waals surface area contributed by atoms with Crippen LogP contribution >= 0.6 is 31.9 Å². The molecular weight excluding hydrogens is 500 g/mol. The second-order valence-electron chi connectivity index (χ2n) is 7.88. The molecule has 2 aromatic carbocycles. The number of rotatable bonds is 3. The molecule has 2 aliphatic carbocycles. The van der Waals surface area contributed by atoms with Crippen molar-refractivity contribution in [3.05, 3.63) is 60.2 Å². The molecule has 3 aliphatic rings. The zero-order valence-electron chi connectivity index (χ0n) is 15.3. The first-order chi connectivity index (χ1) is 14.0. The number of imide groups is 1. The van der Waals surface area contributed by atoms with Crippen molar-refractivity contribution in [3.8, 4) is 0 Å². The molecule has 3 amide bonds. The van der Waals surface area contributed by atoms with E-state index >= 15 is 0 Å². The summed E-state index contributed by atoms with van der Waals surface area (Å²) in [6.07, 6.45) is 0.908. The van der Waals surface area contributed by atoms with Crippen LogP contribution in [0, 0.1) is 23.7 Å². The van der Waals surface area contributed by atoms with Crippen molar-refractivity contribution in [2.45, 2.75) is 16.1 Å². The Morgan fingerprint density at radius 2 is 1.41 bits per heavy atom. The van der Waals surface area contributed by atoms with Crippen LogP contribution in [0.25, 0.3) is 0 Å². The Kier molecular flexibility index (Phi) is 4.62. The van der Waals surface area contributed by atoms with Crippen LogP contribution in [0.4, 0.5) is 11.4 Å². The van der Waals surface area contributed by atoms with Gasteiger partial charge in [-0.25, -0.2) is 0 Å². The summed E-state index contributed by atoms with van der Waals surface area (Å²) in [5.74, 6) is -0.575. The SMILES string of the molecule is O=C(Nc1ccccc1)c1ccc(N2C(=O)[C@@H]3[C@@H]4C[C@H]([C@H](Br)[C@@H]4Br)[C@@H]3C2=O)cc1. The molecular formula is C22H18Br2N2O3. The predicted octanol–water partition coefficient (Wildman–Crippen LogP) is 4.22. The summed E-state index contributed by atoms with van der Waals surface area (Å²) in [4.78, 5) is 40.4. The van der Waals surface area contributed by atoms with Gasteiger partial charge in [-0.15, -0.1) is 0 Å². The van der Waals surface area contributed by atoms with Gasteiger partial charge in [-0.05, 0) is 54.7 Å². The lowest BCUT2D eigenvalue weighted by Crippen LogP contribution is -2.37. The number of para-hydroxylation sites is 1. The van der Waals surface area contributed by atoms with Crippen molar-refractivity contribution < 1.29 is 14.4 Å². The van der Waals surface area contributed by atoms with Gasteiger partial charge in [-0.3, -0.25) is 19.3 Å². The maximum Gasteiger partial charge on any atom is 0.255 e. The minimum atomic E-state index is -0.244. The van der Waals surface area contributed by atoms with E-state index in [2.05, 4.69) is 37.2 Å². The van der Waals surface area contributed by atoms with E-state index in [4.69, 9.17) is 0 Å². The molecule has 1 N–H and O–H groups in total. The lowest BCUT2D eigenvalue weighted by molar-refractivity contribution is -0.123. The van der Waals surface area contributed by atoms with Crippen LogP contribution in [0.3, 0.4) is 0 Å². The minimum Gasteiger partial charge on any atom is -0.322 e. The molecule has 2 bridgehead atoms. The largest absolute Gasteiger partial charge is 0.322 e. The third-order valence-electron chi connectivity index (χ3n) is 6.41. The monoisotopic (exact) mass is 516 g/mol. The van der Waals surface area contributed by atoms with Crippen molar-refractivity contribution in [1.29, 1.82) is 0 Å². The van der Waals surface area contributed by atoms with Gasteiger partial charge < -0.3 is 5.32 Å². The van der Waals surface area contributed by atoms with Gasteiger partial charge in [0.15, 0.2) is 0 Å². The van der Waals surface area contributed by atoms with E-state index in [1.807, 2.05) is 30.3 Å². The molecule has 5 rings (SSSR count). The Balaban J connectivity index is 1.36. The summed E-state index contributed by atoms with van der Waals surface area (Å²) < 4.78 is 0. The molecule has 5 nitrogen and oxygen atoms in total. The summed E-state index contributed by atoms with van der Waals surface area (Å²) >= 11 is 7.40. The highest BCUT2D eigenvalue weighted by molar-refractivity contribution is 9.12. The van der Waals surface area contributed by atoms with Crippen molar-refractivity contribution in [2.75, 3.05) is 10.2 Å². The van der Waals surface area contributed by atoms with Gasteiger partial charge >= 0.3 is 0 Å². The molecule has 148 valence electrons. The van der Waals surface area contributed by atoms with Crippen LogP contribution < -0.4 is 10.2 Å². The molecule has 2 aromatic rings. The quantitative estimate of drug-likeness (QED) is 0.489. The van der Waals surface area contributed by atoms with Crippen LogP contribution in [0.1, 0.15) is 16.8 Å². The standard InChI is InChI=1S/C22H18Br2N2O3/c23-18-14-10-15(19(18)24)17-16(14)21(28)26(22(17)29)13-8-6-11(7-9-13)20(27)25-12-4-2-1-3-5-12/h1-9,14-19H,10H2,(H,25,27)/t14-,15-,16-,17+,18-,19+/m0/s1. The average molecular weight is 518 g/mol. The van der Waals surface area contributed by atoms with Gasteiger partial charge in [0.2, 0.25) is 11.8 Å². The van der Waals surface area contributed by atoms with Crippen LogP contribution in [-0.4, -0.2) is 27.4 Å². The van der Waals surface area contributed by atoms with Crippen molar-refractivity contribution >= 4 is 61.0 Å². The first-order valence-electron chi connectivity index (χ1n) is 9.60. The highest BCUT2D eigenvalue weighted by atomic mass is 79.9. The lowest BCUT2D eigenvalue weighted by atomic mass is 9.81. The summed E-state index contributed by atoms with van der Waals surface area (Å²) in [7, 11) is 0. The highest BCUT2D eigenvalue weighted by Gasteiger charge is 2.66. The Bertz CT molecular complexity index is 963. The van der Waals surface area contributed by atoms with E-state index in [1.54, 1.807) is 24.3 Å². The van der Waals surface area contributed by atoms with Gasteiger partial charge in [0.25, 0.3) is 5.91 Å². The Labute approximate surface area is 185 Å². The molecule has 29 heavy (non-hydrogen) atoms. The van der Waals surface area contributed by atoms with Crippen molar-refractivity contribution in [2.24, 2.45) is 23.7 Å². The Morgan fingerprint density at radius 1 is 0.862 bits per heavy atom. The Morgan fingerprint density at radius 3 is 1.97 bits per heavy atom. The van der Waals surface area contributed by atoms with Crippen molar-refractivity contribution in [1.82, 2.24) is 0 Å². The van der Waals surface area contributed by atoms with Gasteiger partial charge in [0, 0.05) is 20.9 Å². The van der Waals surface area contributed by atoms with E-state index in [0.717, 1.165) is 6.42 Å². The number of hydrogen-bond donors (Lipinski definition) is 1. The van der Waals surface area contributed by atoms with Crippen LogP contribution in [0.5, 0.6) is 0 Å². The normalized spacial score (nSPS) is 32.6. The van der Waals surface area contributed by atoms with E-state index in [-0.39, 0.29) is 51.0 Å². The number of fused-ring (bicyclic) bond motifs is 5. The molecule has 1 saturated heterocycles. The van der Waals surface area contributed by atoms with Gasteiger partial charge in [0.05, 0.1) is 17.5 Å². The highest BCUT2D eigenvalue weighted by Crippen LogP contribution is 2.60. The summed E-state index contributed by atoms with van der Waals surface area (Å²) in [6, 6.07) is 15.9. The fraction of sp³-hybridized carbons (Fsp3) is 0.318. The van der Waals surface area contributed by atoms with Gasteiger partial charge in [-0.1, -0.05) is 50.1 Å². The lowest BCUT2D eigenvalue weighted by Gasteiger charge is -2.28. The summed E-state index contributed by atoms with van der Waals surface area (Å²) in [5.41, 5.74) is 1.71. The molecule has 1 heterocycles. The maximum absolute atomic E-state index is 13.1. The molecule has 0 unspecified atom stereocenters. The third kappa shape index (κ3) is 2.89. The summed E-state index contributed by atoms with van der Waals surface area (Å²) in [6.45, 7) is 0. The topological polar surface area (TPSA) is 66.5 Å². The third-order valence-corrected chi connectivity index (χ3v) is 9.61. The van der Waals surface area contributed by atoms with Crippen LogP contribution in [0.15, 0.2) is 54.6 Å². The van der Waals surface area contributed by atoms with E-state index < -0.39 is 0 Å². The number of nitrogens with zero attached hydrogens (tertiary/aromatic N) is 1. The number of halogens is 2. The predicted molar refractivity (Wildman–Crippen MR) is 117 cm³/mol. The molecule has 0 radical (unpaired) electrons. The fourth-order valence-electron chi connectivity index (χ4n) is 5.09. The number of anilines is 2. The molecule has 1 aliphatic heterocycles. The van der Waals surface area contributed by atoms with Crippen molar-refractivity contribution in [3.63, 3.8) is 0 Å². The number of carbonyl (C=O) groups is 3. The van der Waals surface area contributed by atoms with Gasteiger partial charge in [-0.2, -0.15) is 0 Å². The van der Waals surface area contributed by atoms with E-state index in [9.17, 15) is 14.4 Å². The molecule has 7 heteroatoms. The van der Waals surface area contributed by atoms with Gasteiger partial charge in [0.1, 0.15) is 0 Å². The van der Waals surface area contributed by atoms with E-state index in [1.165, 1.54) is 4.90 Å². The average Bonchev–Trinajstić information content (AvgIpc) is 3.34. The second kappa shape index (κ2) is 7.06. The molecule has 0 spiro atoms. The first kappa shape index (κ1) is 19.0. The first-order valence-corrected chi connectivity index (χ1v) is 11.4. The maximum atomic E-state index is 13.1. The Hall–Kier alpha value is -1.99. The summed E-state index contributed by atoms with van der Waals surface area (Å²) in [5, 5.41) is 2.83. The zero-order chi connectivity index (χ0) is 20.3. The number of nitrogens with one attached hydrogen (secondary N) is 1. The molecule has 6 atom stereocenters. The molecule has 2 saturated carbocycles. The number of carbonyl (C=O) groups excluding carboxylic acids is 3. The smallest absolute Gasteiger partial charge is 0.255 e. The zero-order valence-corrected chi connectivity index (χ0v) is 18.5. The number of benzene rings is 2. The minimum absolute atomic E-state index is 0.113. The van der Waals surface area contributed by atoms with Crippen LogP contribution in [0.2, 0.25) is 0 Å². The van der Waals surface area contributed by atoms with Crippen LogP contribution in [-0.2, 0) is 9.59 Å². The second-order valence-corrected chi connectivity index (χ2v) is 10.00. The molecule has 0 aromatic heterocycles. The molecule has 3 fully saturated rings. The number of amides is 3. The fourth-order valence-corrected chi connectivity index (χ4v) is 6.96. The number of alkyl halides is 2. The number of hydrogen-bond acceptors (Lipinski definition) is 3. The van der Waals surface area contributed by atoms with E-state index in [0.29, 0.717) is 16.9 Å².